The Morgan fingerprint density at radius 3 is 2.33 bits per heavy atom. The van der Waals surface area contributed by atoms with Crippen molar-refractivity contribution in [1.29, 1.82) is 15.8 Å². The van der Waals surface area contributed by atoms with Gasteiger partial charge in [0, 0.05) is 31.0 Å². The van der Waals surface area contributed by atoms with Gasteiger partial charge in [0.1, 0.15) is 6.07 Å². The maximum Gasteiger partial charge on any atom is 0.191 e. The zero-order valence-electron chi connectivity index (χ0n) is 17.6. The Bertz CT molecular complexity index is 1020. The van der Waals surface area contributed by atoms with Crippen molar-refractivity contribution in [3.05, 3.63) is 46.7 Å². The van der Waals surface area contributed by atoms with E-state index in [1.54, 1.807) is 26.4 Å². The average molecular weight is 403 g/mol. The van der Waals surface area contributed by atoms with E-state index >= 15 is 0 Å². The first kappa shape index (κ1) is 21.2. The first-order chi connectivity index (χ1) is 14.4. The zero-order chi connectivity index (χ0) is 22.1. The molecule has 30 heavy (non-hydrogen) atoms. The van der Waals surface area contributed by atoms with E-state index < -0.39 is 11.3 Å². The van der Waals surface area contributed by atoms with Crippen LogP contribution in [0.5, 0.6) is 11.5 Å². The topological polar surface area (TPSA) is 119 Å². The molecule has 2 atom stereocenters. The molecule has 0 aromatic heterocycles. The Balaban J connectivity index is 2.30. The quantitative estimate of drug-likeness (QED) is 0.821. The fourth-order valence-electron chi connectivity index (χ4n) is 4.55. The zero-order valence-corrected chi connectivity index (χ0v) is 17.6. The highest BCUT2D eigenvalue weighted by atomic mass is 16.5. The standard InChI is InChI=1S/C23H25N5O2/c1-14(2)28-8-7-16-17(10-24)22(27)23(12-25,13-26)21(18(16)11-28)15-5-6-19(29-3)20(9-15)30-4/h5-7,9,14,18,21H,8,11,27H2,1-4H3/t18-,21+/m1/s1. The maximum atomic E-state index is 10.2. The molecule has 1 aromatic rings. The summed E-state index contributed by atoms with van der Waals surface area (Å²) in [5, 5.41) is 30.1. The van der Waals surface area contributed by atoms with Gasteiger partial charge >= 0.3 is 0 Å². The molecule has 0 saturated carbocycles. The van der Waals surface area contributed by atoms with E-state index in [2.05, 4.69) is 37.0 Å². The second-order valence-electron chi connectivity index (χ2n) is 7.84. The Morgan fingerprint density at radius 1 is 1.13 bits per heavy atom. The summed E-state index contributed by atoms with van der Waals surface area (Å²) in [5.41, 5.74) is 6.52. The van der Waals surface area contributed by atoms with Gasteiger partial charge in [-0.3, -0.25) is 4.90 Å². The minimum absolute atomic E-state index is 0.0234. The van der Waals surface area contributed by atoms with E-state index in [1.807, 2.05) is 12.1 Å². The summed E-state index contributed by atoms with van der Waals surface area (Å²) in [6, 6.07) is 12.2. The number of nitrogens with two attached hydrogens (primary N) is 1. The number of nitriles is 3. The van der Waals surface area contributed by atoms with E-state index in [4.69, 9.17) is 15.2 Å². The molecule has 1 aromatic carbocycles. The molecule has 0 fully saturated rings. The summed E-state index contributed by atoms with van der Waals surface area (Å²) in [6.45, 7) is 5.51. The molecule has 2 aliphatic rings. The van der Waals surface area contributed by atoms with Gasteiger partial charge in [-0.15, -0.1) is 0 Å². The lowest BCUT2D eigenvalue weighted by molar-refractivity contribution is 0.174. The number of nitrogens with zero attached hydrogens (tertiary/aromatic N) is 4. The van der Waals surface area contributed by atoms with Crippen LogP contribution in [0.25, 0.3) is 0 Å². The molecule has 1 heterocycles. The average Bonchev–Trinajstić information content (AvgIpc) is 2.77. The lowest BCUT2D eigenvalue weighted by atomic mass is 9.58. The molecule has 1 aliphatic heterocycles. The van der Waals surface area contributed by atoms with Crippen molar-refractivity contribution < 1.29 is 9.47 Å². The molecule has 0 amide bonds. The number of benzene rings is 1. The summed E-state index contributed by atoms with van der Waals surface area (Å²) >= 11 is 0. The highest BCUT2D eigenvalue weighted by Gasteiger charge is 2.54. The van der Waals surface area contributed by atoms with E-state index in [1.165, 1.54) is 0 Å². The molecule has 0 spiro atoms. The molecular formula is C23H25N5O2. The molecule has 0 saturated heterocycles. The first-order valence-corrected chi connectivity index (χ1v) is 9.77. The van der Waals surface area contributed by atoms with Crippen molar-refractivity contribution in [3.8, 4) is 29.7 Å². The summed E-state index contributed by atoms with van der Waals surface area (Å²) < 4.78 is 10.8. The monoisotopic (exact) mass is 403 g/mol. The van der Waals surface area contributed by atoms with Crippen molar-refractivity contribution in [2.75, 3.05) is 27.3 Å². The highest BCUT2D eigenvalue weighted by molar-refractivity contribution is 5.60. The van der Waals surface area contributed by atoms with Gasteiger partial charge in [-0.2, -0.15) is 15.8 Å². The van der Waals surface area contributed by atoms with Crippen LogP contribution in [0.1, 0.15) is 25.3 Å². The highest BCUT2D eigenvalue weighted by Crippen LogP contribution is 2.54. The van der Waals surface area contributed by atoms with Crippen molar-refractivity contribution in [1.82, 2.24) is 4.90 Å². The number of fused-ring (bicyclic) bond motifs is 1. The fraction of sp³-hybridized carbons (Fsp3) is 0.435. The number of hydrogen-bond donors (Lipinski definition) is 1. The third-order valence-corrected chi connectivity index (χ3v) is 6.19. The number of rotatable bonds is 4. The van der Waals surface area contributed by atoms with Crippen molar-refractivity contribution >= 4 is 0 Å². The van der Waals surface area contributed by atoms with E-state index in [0.717, 1.165) is 11.1 Å². The van der Waals surface area contributed by atoms with Crippen LogP contribution in [0.2, 0.25) is 0 Å². The SMILES string of the molecule is COc1ccc([C@H]2[C@@H]3CN(C(C)C)CC=C3C(C#N)=C(N)C2(C#N)C#N)cc1OC. The molecule has 2 N–H and O–H groups in total. The third-order valence-electron chi connectivity index (χ3n) is 6.19. The Labute approximate surface area is 177 Å². The van der Waals surface area contributed by atoms with Crippen LogP contribution in [-0.4, -0.2) is 38.3 Å². The Kier molecular flexibility index (Phi) is 5.74. The van der Waals surface area contributed by atoms with Gasteiger partial charge < -0.3 is 15.2 Å². The number of methoxy groups -OCH3 is 2. The maximum absolute atomic E-state index is 10.2. The van der Waals surface area contributed by atoms with Crippen LogP contribution in [0.3, 0.4) is 0 Å². The minimum Gasteiger partial charge on any atom is -0.493 e. The van der Waals surface area contributed by atoms with Gasteiger partial charge in [-0.1, -0.05) is 12.1 Å². The number of hydrogen-bond acceptors (Lipinski definition) is 7. The lowest BCUT2D eigenvalue weighted by Gasteiger charge is -2.46. The molecule has 7 nitrogen and oxygen atoms in total. The van der Waals surface area contributed by atoms with Crippen LogP contribution in [0.15, 0.2) is 41.1 Å². The second kappa shape index (κ2) is 8.11. The summed E-state index contributed by atoms with van der Waals surface area (Å²) in [7, 11) is 3.09. The molecule has 3 rings (SSSR count). The summed E-state index contributed by atoms with van der Waals surface area (Å²) in [4.78, 5) is 2.26. The summed E-state index contributed by atoms with van der Waals surface area (Å²) in [6.07, 6.45) is 2.01. The number of ether oxygens (including phenoxy) is 2. The second-order valence-corrected chi connectivity index (χ2v) is 7.84. The molecule has 7 heteroatoms. The van der Waals surface area contributed by atoms with Crippen LogP contribution < -0.4 is 15.2 Å². The van der Waals surface area contributed by atoms with Crippen LogP contribution >= 0.6 is 0 Å². The minimum atomic E-state index is -1.66. The van der Waals surface area contributed by atoms with Crippen LogP contribution in [0, 0.1) is 45.3 Å². The van der Waals surface area contributed by atoms with Crippen LogP contribution in [-0.2, 0) is 0 Å². The number of allylic oxidation sites excluding steroid dienone is 2. The molecule has 0 radical (unpaired) electrons. The third kappa shape index (κ3) is 3.07. The lowest BCUT2D eigenvalue weighted by Crippen LogP contribution is -2.49. The van der Waals surface area contributed by atoms with E-state index in [-0.39, 0.29) is 23.2 Å². The Morgan fingerprint density at radius 2 is 1.80 bits per heavy atom. The predicted molar refractivity (Wildman–Crippen MR) is 111 cm³/mol. The fourth-order valence-corrected chi connectivity index (χ4v) is 4.55. The Hall–Kier alpha value is -3.47. The first-order valence-electron chi connectivity index (χ1n) is 9.77. The smallest absolute Gasteiger partial charge is 0.191 e. The molecular weight excluding hydrogens is 378 g/mol. The van der Waals surface area contributed by atoms with Gasteiger partial charge in [-0.05, 0) is 37.1 Å². The van der Waals surface area contributed by atoms with Gasteiger partial charge in [-0.25, -0.2) is 0 Å². The normalized spacial score (nSPS) is 22.9. The van der Waals surface area contributed by atoms with Gasteiger partial charge in [0.25, 0.3) is 0 Å². The largest absolute Gasteiger partial charge is 0.493 e. The van der Waals surface area contributed by atoms with Crippen molar-refractivity contribution in [3.63, 3.8) is 0 Å². The van der Waals surface area contributed by atoms with Crippen molar-refractivity contribution in [2.24, 2.45) is 17.1 Å². The van der Waals surface area contributed by atoms with Crippen LogP contribution in [0.4, 0.5) is 0 Å². The molecule has 0 bridgehead atoms. The van der Waals surface area contributed by atoms with Gasteiger partial charge in [0.2, 0.25) is 0 Å². The van der Waals surface area contributed by atoms with E-state index in [0.29, 0.717) is 24.6 Å². The summed E-state index contributed by atoms with van der Waals surface area (Å²) in [5.74, 6) is 0.272. The van der Waals surface area contributed by atoms with Gasteiger partial charge in [0.15, 0.2) is 16.9 Å². The van der Waals surface area contributed by atoms with Gasteiger partial charge in [0.05, 0.1) is 37.6 Å². The molecule has 0 unspecified atom stereocenters. The van der Waals surface area contributed by atoms with Crippen molar-refractivity contribution in [2.45, 2.75) is 25.8 Å². The molecule has 154 valence electrons. The molecule has 1 aliphatic carbocycles. The predicted octanol–water partition coefficient (Wildman–Crippen LogP) is 2.84. The van der Waals surface area contributed by atoms with E-state index in [9.17, 15) is 15.8 Å².